The topological polar surface area (TPSA) is 91.5 Å². The van der Waals surface area contributed by atoms with E-state index in [2.05, 4.69) is 16.2 Å². The molecule has 1 fully saturated rings. The van der Waals surface area contributed by atoms with E-state index in [0.717, 1.165) is 18.6 Å². The van der Waals surface area contributed by atoms with Crippen LogP contribution in [0.1, 0.15) is 19.3 Å². The number of aryl methyl sites for hydroxylation is 1. The number of nitriles is 1. The molecule has 0 saturated heterocycles. The van der Waals surface area contributed by atoms with Crippen molar-refractivity contribution in [2.75, 3.05) is 5.75 Å². The Balaban J connectivity index is 2.10. The number of aromatic nitrogens is 3. The maximum atomic E-state index is 11.1. The van der Waals surface area contributed by atoms with Gasteiger partial charge in [-0.3, -0.25) is 19.4 Å². The highest BCUT2D eigenvalue weighted by Crippen LogP contribution is 2.51. The number of rotatable bonds is 4. The Morgan fingerprint density at radius 3 is 2.88 bits per heavy atom. The standard InChI is InChI=1S/C10H12N4O2S/c1-14-9(12-7(15)8(16)13-14)17-6-10(2-3-10)4-5-11/h2-4,6H2,1H3,(H,13,16). The van der Waals surface area contributed by atoms with Gasteiger partial charge in [0.1, 0.15) is 0 Å². The second-order valence-electron chi connectivity index (χ2n) is 4.32. The van der Waals surface area contributed by atoms with E-state index >= 15 is 0 Å². The van der Waals surface area contributed by atoms with Crippen LogP contribution in [0, 0.1) is 16.7 Å². The predicted molar refractivity (Wildman–Crippen MR) is 62.7 cm³/mol. The Bertz CT molecular complexity index is 579. The Morgan fingerprint density at radius 1 is 1.59 bits per heavy atom. The van der Waals surface area contributed by atoms with Gasteiger partial charge in [0.05, 0.1) is 6.07 Å². The summed E-state index contributed by atoms with van der Waals surface area (Å²) >= 11 is 1.41. The first-order valence-electron chi connectivity index (χ1n) is 5.23. The number of hydrogen-bond donors (Lipinski definition) is 1. The zero-order chi connectivity index (χ0) is 12.5. The molecule has 0 bridgehead atoms. The number of H-pyrrole nitrogens is 1. The second-order valence-corrected chi connectivity index (χ2v) is 5.27. The minimum atomic E-state index is -0.768. The fraction of sp³-hybridized carbons (Fsp3) is 0.600. The lowest BCUT2D eigenvalue weighted by molar-refractivity contribution is 0.581. The second kappa shape index (κ2) is 4.37. The van der Waals surface area contributed by atoms with Crippen molar-refractivity contribution in [2.45, 2.75) is 24.4 Å². The fourth-order valence-corrected chi connectivity index (χ4v) is 2.74. The molecule has 0 spiro atoms. The van der Waals surface area contributed by atoms with Crippen molar-refractivity contribution in [3.63, 3.8) is 0 Å². The molecule has 7 heteroatoms. The molecule has 1 aliphatic carbocycles. The van der Waals surface area contributed by atoms with E-state index in [1.165, 1.54) is 16.4 Å². The molecule has 1 N–H and O–H groups in total. The van der Waals surface area contributed by atoms with Crippen molar-refractivity contribution in [2.24, 2.45) is 12.5 Å². The molecule has 6 nitrogen and oxygen atoms in total. The van der Waals surface area contributed by atoms with E-state index in [1.54, 1.807) is 7.05 Å². The molecule has 0 aromatic carbocycles. The van der Waals surface area contributed by atoms with Crippen LogP contribution < -0.4 is 11.1 Å². The van der Waals surface area contributed by atoms with Crippen LogP contribution in [0.3, 0.4) is 0 Å². The van der Waals surface area contributed by atoms with Crippen LogP contribution >= 0.6 is 11.8 Å². The van der Waals surface area contributed by atoms with Gasteiger partial charge < -0.3 is 0 Å². The summed E-state index contributed by atoms with van der Waals surface area (Å²) in [7, 11) is 1.64. The van der Waals surface area contributed by atoms with Crippen molar-refractivity contribution >= 4 is 11.8 Å². The Kier molecular flexibility index (Phi) is 3.07. The van der Waals surface area contributed by atoms with Crippen molar-refractivity contribution < 1.29 is 0 Å². The van der Waals surface area contributed by atoms with Crippen molar-refractivity contribution in [3.05, 3.63) is 20.7 Å². The molecule has 1 aromatic heterocycles. The predicted octanol–water partition coefficient (Wildman–Crippen LogP) is 0.255. The van der Waals surface area contributed by atoms with Crippen LogP contribution in [-0.4, -0.2) is 20.5 Å². The van der Waals surface area contributed by atoms with Gasteiger partial charge in [0.2, 0.25) is 0 Å². The summed E-state index contributed by atoms with van der Waals surface area (Å²) in [6.45, 7) is 0. The van der Waals surface area contributed by atoms with Crippen LogP contribution in [0.5, 0.6) is 0 Å². The molecule has 17 heavy (non-hydrogen) atoms. The van der Waals surface area contributed by atoms with Crippen LogP contribution in [0.4, 0.5) is 0 Å². The Labute approximate surface area is 102 Å². The fourth-order valence-electron chi connectivity index (χ4n) is 1.52. The SMILES string of the molecule is Cn1[nH]c(=O)c(=O)nc1SCC1(CC#N)CC1. The molecule has 1 saturated carbocycles. The van der Waals surface area contributed by atoms with Gasteiger partial charge >= 0.3 is 11.1 Å². The first-order valence-corrected chi connectivity index (χ1v) is 6.22. The van der Waals surface area contributed by atoms with Crippen molar-refractivity contribution in [3.8, 4) is 6.07 Å². The maximum Gasteiger partial charge on any atom is 0.339 e. The molecule has 0 aliphatic heterocycles. The lowest BCUT2D eigenvalue weighted by Crippen LogP contribution is -2.34. The Morgan fingerprint density at radius 2 is 2.29 bits per heavy atom. The average molecular weight is 252 g/mol. The zero-order valence-electron chi connectivity index (χ0n) is 9.39. The number of thioether (sulfide) groups is 1. The quantitative estimate of drug-likeness (QED) is 0.612. The van der Waals surface area contributed by atoms with E-state index in [0.29, 0.717) is 11.6 Å². The summed E-state index contributed by atoms with van der Waals surface area (Å²) in [6, 6.07) is 2.18. The number of nitrogens with one attached hydrogen (secondary N) is 1. The third-order valence-corrected chi connectivity index (χ3v) is 4.25. The van der Waals surface area contributed by atoms with Gasteiger partial charge in [-0.1, -0.05) is 11.8 Å². The first kappa shape index (κ1) is 11.9. The maximum absolute atomic E-state index is 11.1. The molecule has 1 heterocycles. The molecule has 0 radical (unpaired) electrons. The van der Waals surface area contributed by atoms with E-state index in [9.17, 15) is 9.59 Å². The van der Waals surface area contributed by atoms with Crippen LogP contribution in [-0.2, 0) is 7.05 Å². The highest BCUT2D eigenvalue weighted by Gasteiger charge is 2.42. The summed E-state index contributed by atoms with van der Waals surface area (Å²) in [4.78, 5) is 25.8. The highest BCUT2D eigenvalue weighted by molar-refractivity contribution is 7.99. The number of aromatic amines is 1. The minimum Gasteiger partial charge on any atom is -0.265 e. The van der Waals surface area contributed by atoms with E-state index in [4.69, 9.17) is 5.26 Å². The molecule has 0 unspecified atom stereocenters. The van der Waals surface area contributed by atoms with Gasteiger partial charge in [-0.25, -0.2) is 0 Å². The lowest BCUT2D eigenvalue weighted by Gasteiger charge is -2.10. The molecule has 90 valence electrons. The average Bonchev–Trinajstić information content (AvgIpc) is 3.03. The number of hydrogen-bond acceptors (Lipinski definition) is 5. The van der Waals surface area contributed by atoms with Crippen LogP contribution in [0.15, 0.2) is 14.7 Å². The van der Waals surface area contributed by atoms with Gasteiger partial charge in [-0.15, -0.1) is 0 Å². The van der Waals surface area contributed by atoms with Gasteiger partial charge in [-0.05, 0) is 18.3 Å². The molecular formula is C10H12N4O2S. The summed E-state index contributed by atoms with van der Waals surface area (Å²) in [5.74, 6) is 0.757. The van der Waals surface area contributed by atoms with Crippen LogP contribution in [0.2, 0.25) is 0 Å². The normalized spacial score (nSPS) is 16.5. The largest absolute Gasteiger partial charge is 0.339 e. The molecule has 0 atom stereocenters. The molecule has 1 aromatic rings. The smallest absolute Gasteiger partial charge is 0.265 e. The third kappa shape index (κ3) is 2.58. The van der Waals surface area contributed by atoms with Gasteiger partial charge in [-0.2, -0.15) is 10.2 Å². The van der Waals surface area contributed by atoms with Gasteiger partial charge in [0, 0.05) is 19.2 Å². The Hall–Kier alpha value is -1.55. The van der Waals surface area contributed by atoms with E-state index in [-0.39, 0.29) is 5.41 Å². The van der Waals surface area contributed by atoms with Gasteiger partial charge in [0.25, 0.3) is 0 Å². The molecule has 1 aliphatic rings. The van der Waals surface area contributed by atoms with Crippen molar-refractivity contribution in [1.29, 1.82) is 5.26 Å². The third-order valence-electron chi connectivity index (χ3n) is 2.87. The highest BCUT2D eigenvalue weighted by atomic mass is 32.2. The van der Waals surface area contributed by atoms with Crippen LogP contribution in [0.25, 0.3) is 0 Å². The molecule has 2 rings (SSSR count). The number of nitrogens with zero attached hydrogens (tertiary/aromatic N) is 3. The van der Waals surface area contributed by atoms with E-state index < -0.39 is 11.1 Å². The first-order chi connectivity index (χ1) is 8.06. The summed E-state index contributed by atoms with van der Waals surface area (Å²) in [5.41, 5.74) is -1.39. The summed E-state index contributed by atoms with van der Waals surface area (Å²) in [5, 5.41) is 11.6. The van der Waals surface area contributed by atoms with Crippen molar-refractivity contribution in [1.82, 2.24) is 14.8 Å². The summed E-state index contributed by atoms with van der Waals surface area (Å²) in [6.07, 6.45) is 2.63. The zero-order valence-corrected chi connectivity index (χ0v) is 10.2. The summed E-state index contributed by atoms with van der Waals surface area (Å²) < 4.78 is 1.44. The minimum absolute atomic E-state index is 0.0906. The lowest BCUT2D eigenvalue weighted by atomic mass is 10.1. The molecular weight excluding hydrogens is 240 g/mol. The van der Waals surface area contributed by atoms with E-state index in [1.807, 2.05) is 0 Å². The molecule has 0 amide bonds. The van der Waals surface area contributed by atoms with Gasteiger partial charge in [0.15, 0.2) is 5.16 Å². The monoisotopic (exact) mass is 252 g/mol.